The fourth-order valence-electron chi connectivity index (χ4n) is 2.24. The molecule has 0 aliphatic heterocycles. The molecule has 0 radical (unpaired) electrons. The van der Waals surface area contributed by atoms with Gasteiger partial charge in [-0.2, -0.15) is 0 Å². The summed E-state index contributed by atoms with van der Waals surface area (Å²) in [4.78, 5) is 1.16. The van der Waals surface area contributed by atoms with Crippen LogP contribution in [0.25, 0.3) is 0 Å². The van der Waals surface area contributed by atoms with Crippen LogP contribution in [0.1, 0.15) is 48.9 Å². The van der Waals surface area contributed by atoms with Gasteiger partial charge in [0.05, 0.1) is 23.2 Å². The Labute approximate surface area is 124 Å². The average molecular weight is 291 g/mol. The summed E-state index contributed by atoms with van der Waals surface area (Å²) in [6, 6.07) is 8.19. The first-order chi connectivity index (χ1) is 9.69. The van der Waals surface area contributed by atoms with Crippen molar-refractivity contribution < 1.29 is 4.74 Å². The fraction of sp³-hybridized carbons (Fsp3) is 0.467. The molecule has 2 rings (SSSR count). The zero-order valence-corrected chi connectivity index (χ0v) is 13.2. The van der Waals surface area contributed by atoms with Gasteiger partial charge < -0.3 is 10.1 Å². The molecule has 108 valence electrons. The number of nitrogens with zero attached hydrogens (tertiary/aromatic N) is 2. The van der Waals surface area contributed by atoms with Crippen molar-refractivity contribution in [2.24, 2.45) is 0 Å². The summed E-state index contributed by atoms with van der Waals surface area (Å²) < 4.78 is 9.87. The third-order valence-corrected chi connectivity index (χ3v) is 3.97. The van der Waals surface area contributed by atoms with E-state index >= 15 is 0 Å². The van der Waals surface area contributed by atoms with Crippen molar-refractivity contribution in [2.75, 3.05) is 13.7 Å². The average Bonchev–Trinajstić information content (AvgIpc) is 2.91. The number of nitrogens with one attached hydrogen (secondary N) is 1. The predicted octanol–water partition coefficient (Wildman–Crippen LogP) is 3.37. The minimum absolute atomic E-state index is 0.0650. The van der Waals surface area contributed by atoms with Gasteiger partial charge in [-0.1, -0.05) is 36.5 Å². The van der Waals surface area contributed by atoms with Crippen LogP contribution in [0.15, 0.2) is 24.3 Å². The smallest absolute Gasteiger partial charge is 0.124 e. The maximum atomic E-state index is 5.74. The van der Waals surface area contributed by atoms with E-state index in [1.807, 2.05) is 32.2 Å². The molecule has 4 nitrogen and oxygen atoms in total. The van der Waals surface area contributed by atoms with Crippen LogP contribution in [-0.2, 0) is 0 Å². The molecular weight excluding hydrogens is 270 g/mol. The normalized spacial score (nSPS) is 12.7. The zero-order chi connectivity index (χ0) is 14.5. The van der Waals surface area contributed by atoms with Gasteiger partial charge in [-0.3, -0.25) is 0 Å². The van der Waals surface area contributed by atoms with E-state index in [0.717, 1.165) is 21.9 Å². The van der Waals surface area contributed by atoms with Crippen LogP contribution in [0, 0.1) is 0 Å². The Balaban J connectivity index is 2.44. The molecule has 1 unspecified atom stereocenters. The lowest BCUT2D eigenvalue weighted by atomic mass is 9.99. The quantitative estimate of drug-likeness (QED) is 0.886. The summed E-state index contributed by atoms with van der Waals surface area (Å²) >= 11 is 1.45. The lowest BCUT2D eigenvalue weighted by Gasteiger charge is -2.20. The summed E-state index contributed by atoms with van der Waals surface area (Å²) in [7, 11) is 1.96. The molecule has 1 aromatic heterocycles. The Morgan fingerprint density at radius 3 is 2.70 bits per heavy atom. The molecule has 5 heteroatoms. The Kier molecular flexibility index (Phi) is 5.09. The van der Waals surface area contributed by atoms with E-state index in [1.165, 1.54) is 11.5 Å². The van der Waals surface area contributed by atoms with E-state index < -0.39 is 0 Å². The largest absolute Gasteiger partial charge is 0.494 e. The van der Waals surface area contributed by atoms with Crippen molar-refractivity contribution in [2.45, 2.75) is 32.7 Å². The van der Waals surface area contributed by atoms with Gasteiger partial charge in [0.1, 0.15) is 5.75 Å². The molecule has 0 fully saturated rings. The number of hydrogen-bond donors (Lipinski definition) is 1. The van der Waals surface area contributed by atoms with Gasteiger partial charge in [0.15, 0.2) is 0 Å². The minimum Gasteiger partial charge on any atom is -0.494 e. The SMILES string of the molecule is CCOc1ccccc1C(NC)c1snnc1C(C)C. The van der Waals surface area contributed by atoms with Gasteiger partial charge in [-0.15, -0.1) is 5.10 Å². The number of hydrogen-bond acceptors (Lipinski definition) is 5. The molecule has 0 bridgehead atoms. The first-order valence-electron chi connectivity index (χ1n) is 6.90. The molecular formula is C15H21N3OS. The monoisotopic (exact) mass is 291 g/mol. The predicted molar refractivity (Wildman–Crippen MR) is 82.5 cm³/mol. The molecule has 0 saturated heterocycles. The van der Waals surface area contributed by atoms with Crippen molar-refractivity contribution in [1.29, 1.82) is 0 Å². The van der Waals surface area contributed by atoms with Crippen molar-refractivity contribution in [3.8, 4) is 5.75 Å². The second kappa shape index (κ2) is 6.81. The van der Waals surface area contributed by atoms with Crippen LogP contribution in [0.4, 0.5) is 0 Å². The van der Waals surface area contributed by atoms with E-state index in [0.29, 0.717) is 12.5 Å². The highest BCUT2D eigenvalue weighted by molar-refractivity contribution is 7.05. The molecule has 1 heterocycles. The number of aromatic nitrogens is 2. The van der Waals surface area contributed by atoms with Crippen LogP contribution in [0.5, 0.6) is 5.75 Å². The van der Waals surface area contributed by atoms with Crippen LogP contribution >= 0.6 is 11.5 Å². The molecule has 0 aliphatic rings. The van der Waals surface area contributed by atoms with E-state index in [2.05, 4.69) is 34.8 Å². The molecule has 0 spiro atoms. The third-order valence-electron chi connectivity index (χ3n) is 3.17. The van der Waals surface area contributed by atoms with Gasteiger partial charge in [-0.25, -0.2) is 0 Å². The zero-order valence-electron chi connectivity index (χ0n) is 12.4. The summed E-state index contributed by atoms with van der Waals surface area (Å²) in [6.45, 7) is 6.94. The molecule has 0 aliphatic carbocycles. The first-order valence-corrected chi connectivity index (χ1v) is 7.67. The lowest BCUT2D eigenvalue weighted by molar-refractivity contribution is 0.334. The van der Waals surface area contributed by atoms with Gasteiger partial charge in [-0.05, 0) is 37.5 Å². The Bertz CT molecular complexity index is 554. The van der Waals surface area contributed by atoms with Crippen molar-refractivity contribution in [3.63, 3.8) is 0 Å². The van der Waals surface area contributed by atoms with Crippen LogP contribution in [0.3, 0.4) is 0 Å². The van der Waals surface area contributed by atoms with Crippen LogP contribution < -0.4 is 10.1 Å². The second-order valence-electron chi connectivity index (χ2n) is 4.87. The van der Waals surface area contributed by atoms with E-state index in [-0.39, 0.29) is 6.04 Å². The fourth-order valence-corrected chi connectivity index (χ4v) is 3.18. The lowest BCUT2D eigenvalue weighted by Crippen LogP contribution is -2.19. The van der Waals surface area contributed by atoms with Crippen molar-refractivity contribution >= 4 is 11.5 Å². The van der Waals surface area contributed by atoms with Gasteiger partial charge in [0, 0.05) is 5.56 Å². The molecule has 20 heavy (non-hydrogen) atoms. The molecule has 0 amide bonds. The summed E-state index contributed by atoms with van der Waals surface area (Å²) in [5.41, 5.74) is 2.19. The van der Waals surface area contributed by atoms with Crippen LogP contribution in [-0.4, -0.2) is 23.2 Å². The molecule has 0 saturated carbocycles. The van der Waals surface area contributed by atoms with Gasteiger partial charge in [0.25, 0.3) is 0 Å². The van der Waals surface area contributed by atoms with Crippen LogP contribution in [0.2, 0.25) is 0 Å². The van der Waals surface area contributed by atoms with Crippen molar-refractivity contribution in [3.05, 3.63) is 40.4 Å². The molecule has 2 aromatic rings. The number of para-hydroxylation sites is 1. The van der Waals surface area contributed by atoms with Gasteiger partial charge >= 0.3 is 0 Å². The second-order valence-corrected chi connectivity index (χ2v) is 5.66. The Morgan fingerprint density at radius 2 is 2.05 bits per heavy atom. The standard InChI is InChI=1S/C15H21N3OS/c1-5-19-12-9-7-6-8-11(12)14(16-4)15-13(10(2)3)17-18-20-15/h6-10,14,16H,5H2,1-4H3. The van der Waals surface area contributed by atoms with E-state index in [4.69, 9.17) is 4.74 Å². The molecule has 1 aromatic carbocycles. The Hall–Kier alpha value is -1.46. The minimum atomic E-state index is 0.0650. The summed E-state index contributed by atoms with van der Waals surface area (Å²) in [5.74, 6) is 1.27. The maximum absolute atomic E-state index is 5.74. The summed E-state index contributed by atoms with van der Waals surface area (Å²) in [6.07, 6.45) is 0. The number of rotatable bonds is 6. The number of ether oxygens (including phenoxy) is 1. The molecule has 1 atom stereocenters. The highest BCUT2D eigenvalue weighted by Crippen LogP contribution is 2.34. The maximum Gasteiger partial charge on any atom is 0.124 e. The third kappa shape index (κ3) is 2.99. The highest BCUT2D eigenvalue weighted by Gasteiger charge is 2.23. The number of benzene rings is 1. The van der Waals surface area contributed by atoms with Crippen molar-refractivity contribution in [1.82, 2.24) is 14.9 Å². The summed E-state index contributed by atoms with van der Waals surface area (Å²) in [5, 5.41) is 7.64. The topological polar surface area (TPSA) is 47.0 Å². The van der Waals surface area contributed by atoms with E-state index in [1.54, 1.807) is 0 Å². The Morgan fingerprint density at radius 1 is 1.30 bits per heavy atom. The highest BCUT2D eigenvalue weighted by atomic mass is 32.1. The molecule has 1 N–H and O–H groups in total. The van der Waals surface area contributed by atoms with Gasteiger partial charge in [0.2, 0.25) is 0 Å². The van der Waals surface area contributed by atoms with E-state index in [9.17, 15) is 0 Å². The first kappa shape index (κ1) is 14.9.